The molecule has 2 atom stereocenters. The van der Waals surface area contributed by atoms with Crippen LogP contribution in [0.1, 0.15) is 30.0 Å². The molecule has 0 aromatic heterocycles. The van der Waals surface area contributed by atoms with Crippen molar-refractivity contribution in [1.82, 2.24) is 0 Å². The molecular weight excluding hydrogens is 348 g/mol. The molecule has 1 aliphatic rings. The van der Waals surface area contributed by atoms with Crippen molar-refractivity contribution in [2.75, 3.05) is 10.6 Å². The molecule has 5 heteroatoms. The first kappa shape index (κ1) is 18.5. The molecule has 1 saturated carbocycles. The Bertz CT molecular complexity index is 863. The van der Waals surface area contributed by atoms with Crippen molar-refractivity contribution in [2.45, 2.75) is 33.6 Å². The van der Waals surface area contributed by atoms with Crippen LogP contribution >= 0.6 is 11.6 Å². The SMILES string of the molecule is CCc1cccc(C)c1NC(=O)C1CC1C(=O)Nc1ccc(C)c(Cl)c1. The van der Waals surface area contributed by atoms with E-state index in [0.717, 1.165) is 28.8 Å². The van der Waals surface area contributed by atoms with Crippen molar-refractivity contribution in [3.8, 4) is 0 Å². The molecule has 2 unspecified atom stereocenters. The number of carbonyl (C=O) groups excluding carboxylic acids is 2. The van der Waals surface area contributed by atoms with Crippen molar-refractivity contribution in [2.24, 2.45) is 11.8 Å². The number of carbonyl (C=O) groups is 2. The van der Waals surface area contributed by atoms with Gasteiger partial charge in [0.25, 0.3) is 0 Å². The lowest BCUT2D eigenvalue weighted by Gasteiger charge is -2.13. The summed E-state index contributed by atoms with van der Waals surface area (Å²) in [5, 5.41) is 6.48. The van der Waals surface area contributed by atoms with Gasteiger partial charge in [-0.3, -0.25) is 9.59 Å². The minimum atomic E-state index is -0.288. The highest BCUT2D eigenvalue weighted by atomic mass is 35.5. The summed E-state index contributed by atoms with van der Waals surface area (Å²) in [4.78, 5) is 24.9. The summed E-state index contributed by atoms with van der Waals surface area (Å²) < 4.78 is 0. The molecule has 26 heavy (non-hydrogen) atoms. The summed E-state index contributed by atoms with van der Waals surface area (Å²) in [5.74, 6) is -0.786. The summed E-state index contributed by atoms with van der Waals surface area (Å²) in [5.41, 5.74) is 4.63. The molecule has 0 bridgehead atoms. The van der Waals surface area contributed by atoms with E-state index in [1.165, 1.54) is 0 Å². The number of para-hydroxylation sites is 1. The maximum absolute atomic E-state index is 12.5. The number of benzene rings is 2. The van der Waals surface area contributed by atoms with E-state index in [1.807, 2.05) is 44.2 Å². The molecule has 0 heterocycles. The predicted molar refractivity (Wildman–Crippen MR) is 106 cm³/mol. The van der Waals surface area contributed by atoms with Crippen molar-refractivity contribution in [1.29, 1.82) is 0 Å². The van der Waals surface area contributed by atoms with E-state index in [9.17, 15) is 9.59 Å². The van der Waals surface area contributed by atoms with Crippen LogP contribution in [0, 0.1) is 25.7 Å². The molecule has 0 aliphatic heterocycles. The van der Waals surface area contributed by atoms with Gasteiger partial charge in [-0.25, -0.2) is 0 Å². The van der Waals surface area contributed by atoms with Gasteiger partial charge in [-0.2, -0.15) is 0 Å². The molecule has 2 aromatic rings. The van der Waals surface area contributed by atoms with Gasteiger partial charge in [0, 0.05) is 16.4 Å². The smallest absolute Gasteiger partial charge is 0.228 e. The lowest BCUT2D eigenvalue weighted by molar-refractivity contribution is -0.122. The second-order valence-electron chi connectivity index (χ2n) is 6.85. The average molecular weight is 371 g/mol. The van der Waals surface area contributed by atoms with E-state index < -0.39 is 0 Å². The Balaban J connectivity index is 1.62. The molecule has 1 fully saturated rings. The molecule has 2 aromatic carbocycles. The quantitative estimate of drug-likeness (QED) is 0.799. The Kier molecular flexibility index (Phi) is 5.33. The lowest BCUT2D eigenvalue weighted by Crippen LogP contribution is -2.21. The topological polar surface area (TPSA) is 58.2 Å². The van der Waals surface area contributed by atoms with Crippen molar-refractivity contribution < 1.29 is 9.59 Å². The van der Waals surface area contributed by atoms with Crippen LogP contribution in [-0.2, 0) is 16.0 Å². The molecule has 2 N–H and O–H groups in total. The fourth-order valence-electron chi connectivity index (χ4n) is 3.10. The summed E-state index contributed by atoms with van der Waals surface area (Å²) in [6.07, 6.45) is 1.42. The standard InChI is InChI=1S/C21H23ClN2O2/c1-4-14-7-5-6-13(3)19(14)24-21(26)17-11-16(17)20(25)23-15-9-8-12(2)18(22)10-15/h5-10,16-17H,4,11H2,1-3H3,(H,23,25)(H,24,26). The van der Waals surface area contributed by atoms with E-state index in [-0.39, 0.29) is 23.7 Å². The van der Waals surface area contributed by atoms with Crippen molar-refractivity contribution in [3.05, 3.63) is 58.1 Å². The highest BCUT2D eigenvalue weighted by molar-refractivity contribution is 6.31. The molecule has 4 nitrogen and oxygen atoms in total. The first-order valence-electron chi connectivity index (χ1n) is 8.87. The Morgan fingerprint density at radius 3 is 2.38 bits per heavy atom. The van der Waals surface area contributed by atoms with E-state index >= 15 is 0 Å². The number of hydrogen-bond acceptors (Lipinski definition) is 2. The molecule has 3 rings (SSSR count). The fourth-order valence-corrected chi connectivity index (χ4v) is 3.28. The summed E-state index contributed by atoms with van der Waals surface area (Å²) in [7, 11) is 0. The second kappa shape index (κ2) is 7.50. The molecule has 136 valence electrons. The van der Waals surface area contributed by atoms with Crippen LogP contribution < -0.4 is 10.6 Å². The van der Waals surface area contributed by atoms with Gasteiger partial charge in [-0.1, -0.05) is 42.8 Å². The molecular formula is C21H23ClN2O2. The van der Waals surface area contributed by atoms with Gasteiger partial charge in [0.1, 0.15) is 0 Å². The maximum Gasteiger partial charge on any atom is 0.228 e. The zero-order valence-corrected chi connectivity index (χ0v) is 16.0. The van der Waals surface area contributed by atoms with E-state index in [2.05, 4.69) is 17.6 Å². The highest BCUT2D eigenvalue weighted by Crippen LogP contribution is 2.40. The van der Waals surface area contributed by atoms with Crippen LogP contribution in [0.3, 0.4) is 0 Å². The Labute approximate surface area is 158 Å². The second-order valence-corrected chi connectivity index (χ2v) is 7.26. The van der Waals surface area contributed by atoms with Gasteiger partial charge < -0.3 is 10.6 Å². The largest absolute Gasteiger partial charge is 0.326 e. The first-order valence-corrected chi connectivity index (χ1v) is 9.25. The van der Waals surface area contributed by atoms with Crippen molar-refractivity contribution in [3.63, 3.8) is 0 Å². The third-order valence-electron chi connectivity index (χ3n) is 4.89. The monoisotopic (exact) mass is 370 g/mol. The van der Waals surface area contributed by atoms with Crippen LogP contribution in [0.15, 0.2) is 36.4 Å². The Morgan fingerprint density at radius 2 is 1.73 bits per heavy atom. The highest BCUT2D eigenvalue weighted by Gasteiger charge is 2.48. The number of amides is 2. The van der Waals surface area contributed by atoms with Crippen molar-refractivity contribution >= 4 is 34.8 Å². The average Bonchev–Trinajstić information content (AvgIpc) is 3.41. The fraction of sp³-hybridized carbons (Fsp3) is 0.333. The summed E-state index contributed by atoms with van der Waals surface area (Å²) in [6.45, 7) is 5.95. The molecule has 0 spiro atoms. The minimum Gasteiger partial charge on any atom is -0.326 e. The number of aryl methyl sites for hydroxylation is 3. The van der Waals surface area contributed by atoms with Gasteiger partial charge in [0.2, 0.25) is 11.8 Å². The zero-order valence-electron chi connectivity index (χ0n) is 15.2. The van der Waals surface area contributed by atoms with Gasteiger partial charge in [-0.15, -0.1) is 0 Å². The van der Waals surface area contributed by atoms with Gasteiger partial charge in [-0.05, 0) is 55.5 Å². The van der Waals surface area contributed by atoms with Gasteiger partial charge in [0.15, 0.2) is 0 Å². The first-order chi connectivity index (χ1) is 12.4. The van der Waals surface area contributed by atoms with Gasteiger partial charge in [0.05, 0.1) is 11.8 Å². The van der Waals surface area contributed by atoms with E-state index in [1.54, 1.807) is 6.07 Å². The third kappa shape index (κ3) is 3.91. The van der Waals surface area contributed by atoms with Crippen LogP contribution in [-0.4, -0.2) is 11.8 Å². The van der Waals surface area contributed by atoms with Crippen LogP contribution in [0.4, 0.5) is 11.4 Å². The van der Waals surface area contributed by atoms with E-state index in [0.29, 0.717) is 17.1 Å². The maximum atomic E-state index is 12.5. The zero-order chi connectivity index (χ0) is 18.8. The molecule has 0 radical (unpaired) electrons. The molecule has 1 aliphatic carbocycles. The van der Waals surface area contributed by atoms with Crippen LogP contribution in [0.2, 0.25) is 5.02 Å². The number of anilines is 2. The predicted octanol–water partition coefficient (Wildman–Crippen LogP) is 4.73. The molecule has 0 saturated heterocycles. The van der Waals surface area contributed by atoms with Crippen LogP contribution in [0.25, 0.3) is 0 Å². The third-order valence-corrected chi connectivity index (χ3v) is 5.30. The Hall–Kier alpha value is -2.33. The number of nitrogens with one attached hydrogen (secondary N) is 2. The number of hydrogen-bond donors (Lipinski definition) is 2. The van der Waals surface area contributed by atoms with Crippen LogP contribution in [0.5, 0.6) is 0 Å². The van der Waals surface area contributed by atoms with E-state index in [4.69, 9.17) is 11.6 Å². The number of halogens is 1. The summed E-state index contributed by atoms with van der Waals surface area (Å²) in [6, 6.07) is 11.4. The summed E-state index contributed by atoms with van der Waals surface area (Å²) >= 11 is 6.09. The van der Waals surface area contributed by atoms with Gasteiger partial charge >= 0.3 is 0 Å². The number of rotatable bonds is 5. The normalized spacial score (nSPS) is 18.3. The molecule has 2 amide bonds. The Morgan fingerprint density at radius 1 is 1.04 bits per heavy atom. The lowest BCUT2D eigenvalue weighted by atomic mass is 10.1. The minimum absolute atomic E-state index is 0.0870.